The molecule has 2 N–H and O–H groups in total. The highest BCUT2D eigenvalue weighted by Crippen LogP contribution is 2.16. The molecule has 1 heterocycles. The Balaban J connectivity index is 1.98. The summed E-state index contributed by atoms with van der Waals surface area (Å²) in [7, 11) is 0. The van der Waals surface area contributed by atoms with E-state index in [0.717, 1.165) is 0 Å². The monoisotopic (exact) mass is 264 g/mol. The van der Waals surface area contributed by atoms with Gasteiger partial charge >= 0.3 is 5.97 Å². The van der Waals surface area contributed by atoms with Crippen LogP contribution < -0.4 is 5.32 Å². The van der Waals surface area contributed by atoms with E-state index >= 15 is 0 Å². The molecule has 0 aliphatic carbocycles. The zero-order valence-corrected chi connectivity index (χ0v) is 10.3. The van der Waals surface area contributed by atoms with E-state index < -0.39 is 5.97 Å². The van der Waals surface area contributed by atoms with Crippen molar-refractivity contribution in [3.05, 3.63) is 53.2 Å². The summed E-state index contributed by atoms with van der Waals surface area (Å²) in [5.41, 5.74) is 0.399. The van der Waals surface area contributed by atoms with E-state index in [2.05, 4.69) is 10.5 Å². The van der Waals surface area contributed by atoms with Crippen LogP contribution in [0.2, 0.25) is 0 Å². The van der Waals surface area contributed by atoms with Crippen LogP contribution >= 0.6 is 0 Å². The molecule has 0 fully saturated rings. The van der Waals surface area contributed by atoms with Crippen molar-refractivity contribution in [3.8, 4) is 0 Å². The maximum Gasteiger partial charge on any atom is 0.358 e. The molecular formula is C13H13FN2O3. The largest absolute Gasteiger partial charge is 0.476 e. The molecule has 6 heteroatoms. The number of carboxylic acids is 1. The molecule has 0 saturated heterocycles. The Morgan fingerprint density at radius 3 is 2.89 bits per heavy atom. The van der Waals surface area contributed by atoms with Crippen molar-refractivity contribution in [2.45, 2.75) is 19.5 Å². The number of aromatic carboxylic acids is 1. The zero-order valence-electron chi connectivity index (χ0n) is 10.3. The van der Waals surface area contributed by atoms with E-state index in [1.807, 2.05) is 6.92 Å². The highest BCUT2D eigenvalue weighted by Gasteiger charge is 2.13. The lowest BCUT2D eigenvalue weighted by molar-refractivity contribution is 0.0685. The van der Waals surface area contributed by atoms with Crippen LogP contribution in [0.5, 0.6) is 0 Å². The SMILES string of the molecule is CC(NCc1cc(C(=O)O)no1)c1ccccc1F. The average molecular weight is 264 g/mol. The summed E-state index contributed by atoms with van der Waals surface area (Å²) in [5, 5.41) is 15.1. The van der Waals surface area contributed by atoms with Gasteiger partial charge in [0.15, 0.2) is 11.5 Å². The number of halogens is 1. The van der Waals surface area contributed by atoms with Gasteiger partial charge in [-0.3, -0.25) is 0 Å². The van der Waals surface area contributed by atoms with E-state index in [0.29, 0.717) is 11.3 Å². The van der Waals surface area contributed by atoms with Gasteiger partial charge in [-0.1, -0.05) is 23.4 Å². The van der Waals surface area contributed by atoms with Crippen molar-refractivity contribution in [1.82, 2.24) is 10.5 Å². The van der Waals surface area contributed by atoms with Gasteiger partial charge in [-0.15, -0.1) is 0 Å². The first kappa shape index (κ1) is 13.2. The van der Waals surface area contributed by atoms with Gasteiger partial charge in [0.05, 0.1) is 6.54 Å². The molecule has 0 radical (unpaired) electrons. The van der Waals surface area contributed by atoms with E-state index in [1.165, 1.54) is 12.1 Å². The quantitative estimate of drug-likeness (QED) is 0.867. The maximum atomic E-state index is 13.5. The van der Waals surface area contributed by atoms with Crippen molar-refractivity contribution in [1.29, 1.82) is 0 Å². The number of rotatable bonds is 5. The lowest BCUT2D eigenvalue weighted by Crippen LogP contribution is -2.18. The lowest BCUT2D eigenvalue weighted by atomic mass is 10.1. The molecule has 2 aromatic rings. The van der Waals surface area contributed by atoms with E-state index in [4.69, 9.17) is 9.63 Å². The minimum atomic E-state index is -1.14. The van der Waals surface area contributed by atoms with Crippen LogP contribution in [0.15, 0.2) is 34.9 Å². The number of nitrogens with zero attached hydrogens (tertiary/aromatic N) is 1. The average Bonchev–Trinajstić information content (AvgIpc) is 2.85. The molecule has 100 valence electrons. The Hall–Kier alpha value is -2.21. The van der Waals surface area contributed by atoms with Gasteiger partial charge < -0.3 is 14.9 Å². The summed E-state index contributed by atoms with van der Waals surface area (Å²) < 4.78 is 18.4. The van der Waals surface area contributed by atoms with Gasteiger partial charge in [-0.25, -0.2) is 9.18 Å². The summed E-state index contributed by atoms with van der Waals surface area (Å²) in [4.78, 5) is 10.6. The molecule has 2 rings (SSSR count). The molecule has 1 unspecified atom stereocenters. The predicted molar refractivity (Wildman–Crippen MR) is 65.1 cm³/mol. The summed E-state index contributed by atoms with van der Waals surface area (Å²) in [6.45, 7) is 2.09. The minimum absolute atomic E-state index is 0.143. The normalized spacial score (nSPS) is 12.3. The fourth-order valence-corrected chi connectivity index (χ4v) is 1.69. The summed E-state index contributed by atoms with van der Waals surface area (Å²) in [5.74, 6) is -1.04. The molecule has 19 heavy (non-hydrogen) atoms. The topological polar surface area (TPSA) is 75.4 Å². The van der Waals surface area contributed by atoms with Crippen LogP contribution in [0.4, 0.5) is 4.39 Å². The maximum absolute atomic E-state index is 13.5. The van der Waals surface area contributed by atoms with Crippen molar-refractivity contribution >= 4 is 5.97 Å². The van der Waals surface area contributed by atoms with Crippen LogP contribution in [0.3, 0.4) is 0 Å². The lowest BCUT2D eigenvalue weighted by Gasteiger charge is -2.13. The number of hydrogen-bond acceptors (Lipinski definition) is 4. The molecule has 1 atom stereocenters. The van der Waals surface area contributed by atoms with E-state index in [1.54, 1.807) is 18.2 Å². The zero-order chi connectivity index (χ0) is 13.8. The molecule has 0 spiro atoms. The third-order valence-corrected chi connectivity index (χ3v) is 2.73. The first-order valence-corrected chi connectivity index (χ1v) is 5.74. The highest BCUT2D eigenvalue weighted by molar-refractivity contribution is 5.85. The first-order valence-electron chi connectivity index (χ1n) is 5.74. The predicted octanol–water partition coefficient (Wildman–Crippen LogP) is 2.36. The van der Waals surface area contributed by atoms with Crippen LogP contribution in [0, 0.1) is 5.82 Å². The van der Waals surface area contributed by atoms with Gasteiger partial charge in [-0.2, -0.15) is 0 Å². The van der Waals surface area contributed by atoms with Crippen LogP contribution in [0.25, 0.3) is 0 Å². The third kappa shape index (κ3) is 3.17. The van der Waals surface area contributed by atoms with Crippen molar-refractivity contribution in [2.24, 2.45) is 0 Å². The van der Waals surface area contributed by atoms with Crippen molar-refractivity contribution < 1.29 is 18.8 Å². The molecule has 1 aromatic heterocycles. The van der Waals surface area contributed by atoms with Gasteiger partial charge in [0.2, 0.25) is 0 Å². The first-order chi connectivity index (χ1) is 9.08. The van der Waals surface area contributed by atoms with Gasteiger partial charge in [-0.05, 0) is 13.0 Å². The Morgan fingerprint density at radius 2 is 2.26 bits per heavy atom. The van der Waals surface area contributed by atoms with Crippen molar-refractivity contribution in [3.63, 3.8) is 0 Å². The number of benzene rings is 1. The Labute approximate surface area is 109 Å². The van der Waals surface area contributed by atoms with Gasteiger partial charge in [0, 0.05) is 17.7 Å². The Morgan fingerprint density at radius 1 is 1.53 bits per heavy atom. The van der Waals surface area contributed by atoms with Crippen molar-refractivity contribution in [2.75, 3.05) is 0 Å². The molecule has 1 aromatic carbocycles. The second-order valence-electron chi connectivity index (χ2n) is 4.11. The molecule has 0 saturated carbocycles. The fourth-order valence-electron chi connectivity index (χ4n) is 1.69. The van der Waals surface area contributed by atoms with E-state index in [9.17, 15) is 9.18 Å². The second kappa shape index (κ2) is 5.62. The number of carbonyl (C=O) groups is 1. The molecule has 0 aliphatic heterocycles. The van der Waals surface area contributed by atoms with E-state index in [-0.39, 0.29) is 24.1 Å². The summed E-state index contributed by atoms with van der Waals surface area (Å²) in [6.07, 6.45) is 0. The van der Waals surface area contributed by atoms with Crippen LogP contribution in [-0.2, 0) is 6.54 Å². The van der Waals surface area contributed by atoms with Crippen LogP contribution in [0.1, 0.15) is 34.8 Å². The molecular weight excluding hydrogens is 251 g/mol. The highest BCUT2D eigenvalue weighted by atomic mass is 19.1. The summed E-state index contributed by atoms with van der Waals surface area (Å²) >= 11 is 0. The number of aromatic nitrogens is 1. The van der Waals surface area contributed by atoms with Gasteiger partial charge in [0.25, 0.3) is 0 Å². The second-order valence-corrected chi connectivity index (χ2v) is 4.11. The van der Waals surface area contributed by atoms with Crippen LogP contribution in [-0.4, -0.2) is 16.2 Å². The number of carboxylic acid groups (broad SMARTS) is 1. The Kier molecular flexibility index (Phi) is 3.91. The molecule has 5 nitrogen and oxygen atoms in total. The number of nitrogens with one attached hydrogen (secondary N) is 1. The minimum Gasteiger partial charge on any atom is -0.476 e. The summed E-state index contributed by atoms with van der Waals surface area (Å²) in [6, 6.07) is 7.58. The fraction of sp³-hybridized carbons (Fsp3) is 0.231. The molecule has 0 amide bonds. The molecule has 0 aliphatic rings. The Bertz CT molecular complexity index is 583. The molecule has 0 bridgehead atoms. The standard InChI is InChI=1S/C13H13FN2O3/c1-8(10-4-2-3-5-11(10)14)15-7-9-6-12(13(17)18)16-19-9/h2-6,8,15H,7H2,1H3,(H,17,18). The van der Waals surface area contributed by atoms with Gasteiger partial charge in [0.1, 0.15) is 5.82 Å². The number of hydrogen-bond donors (Lipinski definition) is 2. The smallest absolute Gasteiger partial charge is 0.358 e. The third-order valence-electron chi connectivity index (χ3n) is 2.73.